The number of nitrogens with zero attached hydrogens (tertiary/aromatic N) is 3. The summed E-state index contributed by atoms with van der Waals surface area (Å²) < 4.78 is 0. The van der Waals surface area contributed by atoms with Crippen molar-refractivity contribution in [2.24, 2.45) is 0 Å². The fourth-order valence-electron chi connectivity index (χ4n) is 3.03. The van der Waals surface area contributed by atoms with Crippen molar-refractivity contribution in [1.29, 1.82) is 0 Å². The molecule has 0 unspecified atom stereocenters. The van der Waals surface area contributed by atoms with E-state index in [9.17, 15) is 9.59 Å². The van der Waals surface area contributed by atoms with Gasteiger partial charge in [0.2, 0.25) is 5.91 Å². The number of piperazine rings is 1. The van der Waals surface area contributed by atoms with Crippen LogP contribution in [0.1, 0.15) is 22.0 Å². The predicted molar refractivity (Wildman–Crippen MR) is 75.4 cm³/mol. The van der Waals surface area contributed by atoms with E-state index in [1.807, 2.05) is 53.1 Å². The van der Waals surface area contributed by atoms with Crippen molar-refractivity contribution < 1.29 is 9.59 Å². The normalized spacial score (nSPS) is 21.1. The molecule has 0 aromatic heterocycles. The molecule has 0 bridgehead atoms. The Kier molecular flexibility index (Phi) is 3.22. The second kappa shape index (κ2) is 4.90. The van der Waals surface area contributed by atoms with Gasteiger partial charge in [-0.15, -0.1) is 0 Å². The first kappa shape index (κ1) is 13.1. The van der Waals surface area contributed by atoms with Crippen molar-refractivity contribution in [2.75, 3.05) is 40.3 Å². The molecule has 5 heteroatoms. The highest BCUT2D eigenvalue weighted by Gasteiger charge is 2.40. The Morgan fingerprint density at radius 2 is 2.05 bits per heavy atom. The summed E-state index contributed by atoms with van der Waals surface area (Å²) in [5.74, 6) is 0.233. The van der Waals surface area contributed by atoms with Crippen molar-refractivity contribution in [2.45, 2.75) is 6.04 Å². The van der Waals surface area contributed by atoms with E-state index >= 15 is 0 Å². The van der Waals surface area contributed by atoms with Gasteiger partial charge in [-0.25, -0.2) is 0 Å². The summed E-state index contributed by atoms with van der Waals surface area (Å²) in [5.41, 5.74) is 1.85. The Balaban J connectivity index is 1.81. The van der Waals surface area contributed by atoms with E-state index in [1.165, 1.54) is 0 Å². The van der Waals surface area contributed by atoms with Crippen LogP contribution in [0.3, 0.4) is 0 Å². The topological polar surface area (TPSA) is 43.9 Å². The summed E-state index contributed by atoms with van der Waals surface area (Å²) in [6.07, 6.45) is 0. The molecule has 0 spiro atoms. The predicted octanol–water partition coefficient (Wildman–Crippen LogP) is 0.587. The number of hydrogen-bond acceptors (Lipinski definition) is 3. The Bertz CT molecular complexity index is 556. The molecule has 106 valence electrons. The van der Waals surface area contributed by atoms with Crippen LogP contribution in [-0.2, 0) is 4.79 Å². The van der Waals surface area contributed by atoms with Gasteiger partial charge in [0.25, 0.3) is 5.91 Å². The van der Waals surface area contributed by atoms with Gasteiger partial charge in [-0.3, -0.25) is 9.59 Å². The third-order valence-electron chi connectivity index (χ3n) is 4.00. The third kappa shape index (κ3) is 2.08. The summed E-state index contributed by atoms with van der Waals surface area (Å²) in [4.78, 5) is 30.1. The van der Waals surface area contributed by atoms with Gasteiger partial charge in [-0.05, 0) is 25.7 Å². The summed E-state index contributed by atoms with van der Waals surface area (Å²) >= 11 is 0. The molecule has 2 aliphatic heterocycles. The fraction of sp³-hybridized carbons (Fsp3) is 0.467. The lowest BCUT2D eigenvalue weighted by Crippen LogP contribution is -2.51. The molecule has 0 saturated carbocycles. The van der Waals surface area contributed by atoms with Crippen LogP contribution in [0.25, 0.3) is 0 Å². The van der Waals surface area contributed by atoms with Crippen LogP contribution in [0.2, 0.25) is 0 Å². The van der Waals surface area contributed by atoms with E-state index in [4.69, 9.17) is 0 Å². The smallest absolute Gasteiger partial charge is 0.254 e. The number of likely N-dealkylation sites (N-methyl/N-ethyl adjacent to an activating group) is 1. The first-order valence-electron chi connectivity index (χ1n) is 6.90. The van der Waals surface area contributed by atoms with Crippen molar-refractivity contribution in [3.8, 4) is 0 Å². The van der Waals surface area contributed by atoms with Crippen molar-refractivity contribution in [1.82, 2.24) is 14.7 Å². The van der Waals surface area contributed by atoms with Crippen LogP contribution >= 0.6 is 0 Å². The van der Waals surface area contributed by atoms with E-state index in [0.29, 0.717) is 26.2 Å². The summed E-state index contributed by atoms with van der Waals surface area (Å²) in [6, 6.07) is 7.75. The van der Waals surface area contributed by atoms with Gasteiger partial charge in [0.15, 0.2) is 0 Å². The molecule has 5 nitrogen and oxygen atoms in total. The number of hydrogen-bond donors (Lipinski definition) is 0. The molecule has 1 aromatic rings. The number of fused-ring (bicyclic) bond motifs is 3. The summed E-state index contributed by atoms with van der Waals surface area (Å²) in [5, 5.41) is 0. The van der Waals surface area contributed by atoms with Gasteiger partial charge < -0.3 is 14.7 Å². The van der Waals surface area contributed by atoms with Crippen LogP contribution in [-0.4, -0.2) is 66.8 Å². The van der Waals surface area contributed by atoms with Crippen molar-refractivity contribution in [3.05, 3.63) is 35.4 Å². The van der Waals surface area contributed by atoms with E-state index in [2.05, 4.69) is 0 Å². The van der Waals surface area contributed by atoms with Gasteiger partial charge >= 0.3 is 0 Å². The molecular formula is C15H19N3O2. The molecule has 1 aromatic carbocycles. The van der Waals surface area contributed by atoms with Crippen LogP contribution in [0.4, 0.5) is 0 Å². The Hall–Kier alpha value is -1.88. The zero-order valence-corrected chi connectivity index (χ0v) is 11.9. The van der Waals surface area contributed by atoms with Gasteiger partial charge in [0, 0.05) is 25.2 Å². The molecule has 1 fully saturated rings. The van der Waals surface area contributed by atoms with Crippen LogP contribution in [0.15, 0.2) is 24.3 Å². The number of carbonyl (C=O) groups is 2. The summed E-state index contributed by atoms with van der Waals surface area (Å²) in [7, 11) is 3.78. The number of benzene rings is 1. The van der Waals surface area contributed by atoms with E-state index < -0.39 is 0 Å². The highest BCUT2D eigenvalue weighted by molar-refractivity contribution is 5.99. The van der Waals surface area contributed by atoms with Gasteiger partial charge in [-0.1, -0.05) is 18.2 Å². The molecule has 0 radical (unpaired) electrons. The highest BCUT2D eigenvalue weighted by Crippen LogP contribution is 2.35. The summed E-state index contributed by atoms with van der Waals surface area (Å²) in [6.45, 7) is 2.28. The van der Waals surface area contributed by atoms with Crippen LogP contribution < -0.4 is 0 Å². The molecule has 0 aliphatic carbocycles. The molecule has 1 atom stereocenters. The minimum absolute atomic E-state index is 0.0264. The lowest BCUT2D eigenvalue weighted by Gasteiger charge is -2.38. The lowest BCUT2D eigenvalue weighted by atomic mass is 10.0. The first-order chi connectivity index (χ1) is 9.58. The van der Waals surface area contributed by atoms with Crippen molar-refractivity contribution in [3.63, 3.8) is 0 Å². The first-order valence-corrected chi connectivity index (χ1v) is 6.90. The SMILES string of the molecule is CN(C)CC(=O)N1CCN2C(=O)c3ccccc3[C@H]2C1. The standard InChI is InChI=1S/C15H19N3O2/c1-16(2)10-14(19)17-7-8-18-13(9-17)11-5-3-4-6-12(11)15(18)20/h3-6,13H,7-10H2,1-2H3/t13-/m1/s1. The van der Waals surface area contributed by atoms with E-state index in [0.717, 1.165) is 11.1 Å². The fourth-order valence-corrected chi connectivity index (χ4v) is 3.03. The quantitative estimate of drug-likeness (QED) is 0.792. The maximum Gasteiger partial charge on any atom is 0.254 e. The molecule has 2 aliphatic rings. The molecule has 2 amide bonds. The third-order valence-corrected chi connectivity index (χ3v) is 4.00. The number of rotatable bonds is 2. The second-order valence-corrected chi connectivity index (χ2v) is 5.68. The molecule has 1 saturated heterocycles. The zero-order chi connectivity index (χ0) is 14.3. The van der Waals surface area contributed by atoms with Crippen molar-refractivity contribution >= 4 is 11.8 Å². The number of amides is 2. The highest BCUT2D eigenvalue weighted by atomic mass is 16.2. The van der Waals surface area contributed by atoms with E-state index in [1.54, 1.807) is 0 Å². The minimum Gasteiger partial charge on any atom is -0.337 e. The Morgan fingerprint density at radius 3 is 2.80 bits per heavy atom. The molecular weight excluding hydrogens is 254 g/mol. The number of carbonyl (C=O) groups excluding carboxylic acids is 2. The maximum atomic E-state index is 12.3. The molecule has 20 heavy (non-hydrogen) atoms. The second-order valence-electron chi connectivity index (χ2n) is 5.68. The largest absolute Gasteiger partial charge is 0.337 e. The zero-order valence-electron chi connectivity index (χ0n) is 11.9. The lowest BCUT2D eigenvalue weighted by molar-refractivity contribution is -0.134. The average molecular weight is 273 g/mol. The molecule has 2 heterocycles. The Labute approximate surface area is 118 Å². The van der Waals surface area contributed by atoms with E-state index in [-0.39, 0.29) is 17.9 Å². The molecule has 3 rings (SSSR count). The van der Waals surface area contributed by atoms with Gasteiger partial charge in [0.05, 0.1) is 12.6 Å². The van der Waals surface area contributed by atoms with Crippen LogP contribution in [0, 0.1) is 0 Å². The maximum absolute atomic E-state index is 12.3. The van der Waals surface area contributed by atoms with Crippen LogP contribution in [0.5, 0.6) is 0 Å². The monoisotopic (exact) mass is 273 g/mol. The van der Waals surface area contributed by atoms with Gasteiger partial charge in [-0.2, -0.15) is 0 Å². The average Bonchev–Trinajstić information content (AvgIpc) is 2.72. The molecule has 0 N–H and O–H groups in total. The van der Waals surface area contributed by atoms with Gasteiger partial charge in [0.1, 0.15) is 0 Å². The minimum atomic E-state index is 0.0264. The Morgan fingerprint density at radius 1 is 1.30 bits per heavy atom.